The first kappa shape index (κ1) is 17.2. The van der Waals surface area contributed by atoms with E-state index in [4.69, 9.17) is 4.74 Å². The zero-order chi connectivity index (χ0) is 15.8. The van der Waals surface area contributed by atoms with Crippen LogP contribution < -0.4 is 5.32 Å². The standard InChI is InChI=1S/C14H18F2N2O3/c1-18(9-14(20)17-5-6-21-2)8-13(19)11-7-10(15)3-4-12(11)16/h3-4,7H,5-6,8-9H2,1-2H3,(H,17,20). The van der Waals surface area contributed by atoms with Crippen LogP contribution in [0.4, 0.5) is 8.78 Å². The SMILES string of the molecule is COCCNC(=O)CN(C)CC(=O)c1cc(F)ccc1F. The molecule has 0 saturated heterocycles. The van der Waals surface area contributed by atoms with Crippen molar-refractivity contribution >= 4 is 11.7 Å². The highest BCUT2D eigenvalue weighted by Crippen LogP contribution is 2.10. The van der Waals surface area contributed by atoms with Crippen LogP contribution >= 0.6 is 0 Å². The highest BCUT2D eigenvalue weighted by atomic mass is 19.1. The number of nitrogens with zero attached hydrogens (tertiary/aromatic N) is 1. The number of halogens is 2. The average molecular weight is 300 g/mol. The molecule has 0 saturated carbocycles. The smallest absolute Gasteiger partial charge is 0.234 e. The molecule has 1 N–H and O–H groups in total. The number of ether oxygens (including phenoxy) is 1. The average Bonchev–Trinajstić information content (AvgIpc) is 2.41. The molecular weight excluding hydrogens is 282 g/mol. The maximum absolute atomic E-state index is 13.4. The molecule has 0 aromatic heterocycles. The summed E-state index contributed by atoms with van der Waals surface area (Å²) in [7, 11) is 3.06. The molecule has 1 aromatic rings. The Labute approximate surface area is 121 Å². The number of hydrogen-bond donors (Lipinski definition) is 1. The number of nitrogens with one attached hydrogen (secondary N) is 1. The number of hydrogen-bond acceptors (Lipinski definition) is 4. The highest BCUT2D eigenvalue weighted by molar-refractivity contribution is 5.98. The van der Waals surface area contributed by atoms with Crippen LogP contribution in [0.3, 0.4) is 0 Å². The lowest BCUT2D eigenvalue weighted by atomic mass is 10.1. The van der Waals surface area contributed by atoms with Gasteiger partial charge in [0.15, 0.2) is 5.78 Å². The van der Waals surface area contributed by atoms with Gasteiger partial charge < -0.3 is 10.1 Å². The molecule has 0 aliphatic heterocycles. The van der Waals surface area contributed by atoms with E-state index in [2.05, 4.69) is 5.32 Å². The van der Waals surface area contributed by atoms with E-state index in [1.165, 1.54) is 12.0 Å². The zero-order valence-electron chi connectivity index (χ0n) is 12.0. The van der Waals surface area contributed by atoms with Crippen LogP contribution in [0, 0.1) is 11.6 Å². The predicted octanol–water partition coefficient (Wildman–Crippen LogP) is 0.842. The first-order chi connectivity index (χ1) is 9.93. The molecule has 0 aliphatic rings. The Hall–Kier alpha value is -1.86. The van der Waals surface area contributed by atoms with Crippen LogP contribution in [0.25, 0.3) is 0 Å². The number of carbonyl (C=O) groups excluding carboxylic acids is 2. The molecule has 0 heterocycles. The number of ketones is 1. The number of rotatable bonds is 8. The molecule has 0 fully saturated rings. The summed E-state index contributed by atoms with van der Waals surface area (Å²) in [6.45, 7) is 0.559. The molecule has 5 nitrogen and oxygen atoms in total. The fraction of sp³-hybridized carbons (Fsp3) is 0.429. The van der Waals surface area contributed by atoms with Crippen molar-refractivity contribution in [2.75, 3.05) is 40.4 Å². The lowest BCUT2D eigenvalue weighted by molar-refractivity contribution is -0.122. The first-order valence-electron chi connectivity index (χ1n) is 6.36. The minimum atomic E-state index is -0.778. The van der Waals surface area contributed by atoms with Gasteiger partial charge in [-0.3, -0.25) is 14.5 Å². The summed E-state index contributed by atoms with van der Waals surface area (Å²) in [6, 6.07) is 2.70. The lowest BCUT2D eigenvalue weighted by Crippen LogP contribution is -2.38. The largest absolute Gasteiger partial charge is 0.383 e. The van der Waals surface area contributed by atoms with E-state index >= 15 is 0 Å². The molecule has 0 spiro atoms. The van der Waals surface area contributed by atoms with Crippen molar-refractivity contribution in [2.45, 2.75) is 0 Å². The summed E-state index contributed by atoms with van der Waals surface area (Å²) < 4.78 is 31.2. The van der Waals surface area contributed by atoms with Gasteiger partial charge in [-0.1, -0.05) is 0 Å². The Bertz CT molecular complexity index is 509. The summed E-state index contributed by atoms with van der Waals surface area (Å²) in [4.78, 5) is 24.8. The Kier molecular flexibility index (Phi) is 6.90. The third kappa shape index (κ3) is 5.97. The van der Waals surface area contributed by atoms with Gasteiger partial charge in [0.25, 0.3) is 0 Å². The van der Waals surface area contributed by atoms with Crippen LogP contribution in [0.1, 0.15) is 10.4 Å². The van der Waals surface area contributed by atoms with Crippen molar-refractivity contribution in [3.8, 4) is 0 Å². The number of Topliss-reactive ketones (excluding diaryl/α,β-unsaturated/α-hetero) is 1. The molecule has 1 amide bonds. The third-order valence-corrected chi connectivity index (χ3v) is 2.68. The number of carbonyl (C=O) groups is 2. The molecule has 21 heavy (non-hydrogen) atoms. The van der Waals surface area contributed by atoms with Gasteiger partial charge in [0.2, 0.25) is 5.91 Å². The van der Waals surface area contributed by atoms with Gasteiger partial charge >= 0.3 is 0 Å². The van der Waals surface area contributed by atoms with Gasteiger partial charge in [-0.05, 0) is 25.2 Å². The minimum absolute atomic E-state index is 0.0214. The van der Waals surface area contributed by atoms with Crippen LogP contribution in [0.2, 0.25) is 0 Å². The Balaban J connectivity index is 2.50. The predicted molar refractivity (Wildman–Crippen MR) is 73.1 cm³/mol. The Morgan fingerprint density at radius 1 is 1.29 bits per heavy atom. The topological polar surface area (TPSA) is 58.6 Å². The number of amides is 1. The molecule has 0 radical (unpaired) electrons. The molecule has 116 valence electrons. The van der Waals surface area contributed by atoms with E-state index in [0.717, 1.165) is 18.2 Å². The summed E-state index contributed by atoms with van der Waals surface area (Å²) in [5.74, 6) is -2.32. The number of benzene rings is 1. The van der Waals surface area contributed by atoms with Crippen molar-refractivity contribution < 1.29 is 23.1 Å². The monoisotopic (exact) mass is 300 g/mol. The van der Waals surface area contributed by atoms with Gasteiger partial charge in [0.1, 0.15) is 11.6 Å². The molecule has 1 aromatic carbocycles. The van der Waals surface area contributed by atoms with Crippen molar-refractivity contribution in [2.24, 2.45) is 0 Å². The molecule has 7 heteroatoms. The van der Waals surface area contributed by atoms with Crippen LogP contribution in [-0.2, 0) is 9.53 Å². The zero-order valence-corrected chi connectivity index (χ0v) is 12.0. The van der Waals surface area contributed by atoms with Crippen molar-refractivity contribution in [1.29, 1.82) is 0 Å². The summed E-state index contributed by atoms with van der Waals surface area (Å²) in [6.07, 6.45) is 0. The highest BCUT2D eigenvalue weighted by Gasteiger charge is 2.16. The van der Waals surface area contributed by atoms with Crippen LogP contribution in [-0.4, -0.2) is 57.0 Å². The maximum Gasteiger partial charge on any atom is 0.234 e. The van der Waals surface area contributed by atoms with E-state index in [0.29, 0.717) is 13.2 Å². The number of methoxy groups -OCH3 is 1. The molecular formula is C14H18F2N2O3. The Morgan fingerprint density at radius 3 is 2.67 bits per heavy atom. The van der Waals surface area contributed by atoms with Gasteiger partial charge in [-0.2, -0.15) is 0 Å². The molecule has 0 unspecified atom stereocenters. The second kappa shape index (κ2) is 8.43. The van der Waals surface area contributed by atoms with E-state index in [1.54, 1.807) is 7.05 Å². The van der Waals surface area contributed by atoms with Crippen molar-refractivity contribution in [3.05, 3.63) is 35.4 Å². The first-order valence-corrected chi connectivity index (χ1v) is 6.36. The quantitative estimate of drug-likeness (QED) is 0.571. The third-order valence-electron chi connectivity index (χ3n) is 2.68. The van der Waals surface area contributed by atoms with E-state index in [9.17, 15) is 18.4 Å². The minimum Gasteiger partial charge on any atom is -0.383 e. The maximum atomic E-state index is 13.4. The van der Waals surface area contributed by atoms with Crippen molar-refractivity contribution in [1.82, 2.24) is 10.2 Å². The van der Waals surface area contributed by atoms with Gasteiger partial charge in [0.05, 0.1) is 25.3 Å². The van der Waals surface area contributed by atoms with Crippen LogP contribution in [0.15, 0.2) is 18.2 Å². The van der Waals surface area contributed by atoms with E-state index in [1.807, 2.05) is 0 Å². The lowest BCUT2D eigenvalue weighted by Gasteiger charge is -2.15. The second-order valence-corrected chi connectivity index (χ2v) is 4.56. The molecule has 0 aliphatic carbocycles. The Morgan fingerprint density at radius 2 is 2.00 bits per heavy atom. The fourth-order valence-electron chi connectivity index (χ4n) is 1.69. The normalized spacial score (nSPS) is 10.7. The van der Waals surface area contributed by atoms with E-state index in [-0.39, 0.29) is 24.6 Å². The van der Waals surface area contributed by atoms with E-state index < -0.39 is 17.4 Å². The summed E-state index contributed by atoms with van der Waals surface area (Å²) in [5, 5.41) is 2.60. The van der Waals surface area contributed by atoms with Crippen molar-refractivity contribution in [3.63, 3.8) is 0 Å². The molecule has 0 atom stereocenters. The van der Waals surface area contributed by atoms with Gasteiger partial charge in [-0.25, -0.2) is 8.78 Å². The fourth-order valence-corrected chi connectivity index (χ4v) is 1.69. The van der Waals surface area contributed by atoms with Crippen LogP contribution in [0.5, 0.6) is 0 Å². The van der Waals surface area contributed by atoms with Gasteiger partial charge in [0, 0.05) is 13.7 Å². The molecule has 1 rings (SSSR count). The summed E-state index contributed by atoms with van der Waals surface area (Å²) >= 11 is 0. The summed E-state index contributed by atoms with van der Waals surface area (Å²) in [5.41, 5.74) is -0.318. The van der Waals surface area contributed by atoms with Gasteiger partial charge in [-0.15, -0.1) is 0 Å². The second-order valence-electron chi connectivity index (χ2n) is 4.56. The number of likely N-dealkylation sites (N-methyl/N-ethyl adjacent to an activating group) is 1. The molecule has 0 bridgehead atoms.